The van der Waals surface area contributed by atoms with E-state index in [0.717, 1.165) is 122 Å². The minimum atomic E-state index is -4.78. The lowest BCUT2D eigenvalue weighted by Crippen LogP contribution is -2.43. The molecule has 0 aliphatic rings. The number of rotatable bonds is 47. The number of esters is 1. The van der Waals surface area contributed by atoms with Gasteiger partial charge in [-0.3, -0.25) is 18.6 Å². The lowest BCUT2D eigenvalue weighted by molar-refractivity contribution is -0.147. The van der Waals surface area contributed by atoms with Gasteiger partial charge in [0.25, 0.3) is 0 Å². The molecule has 0 aromatic heterocycles. The average Bonchev–Trinajstić information content (AvgIpc) is 3.32. The summed E-state index contributed by atoms with van der Waals surface area (Å²) in [6.07, 6.45) is 65.3. The second-order valence-corrected chi connectivity index (χ2v) is 18.4. The maximum Gasteiger partial charge on any atom is 0.472 e. The molecule has 0 spiro atoms. The van der Waals surface area contributed by atoms with Crippen LogP contribution in [0.4, 0.5) is 0 Å². The van der Waals surface area contributed by atoms with Crippen molar-refractivity contribution < 1.29 is 47.8 Å². The Kier molecular flexibility index (Phi) is 46.7. The summed E-state index contributed by atoms with van der Waals surface area (Å²) >= 11 is 0. The van der Waals surface area contributed by atoms with Crippen LogP contribution in [-0.4, -0.2) is 64.9 Å². The fourth-order valence-corrected chi connectivity index (χ4v) is 7.33. The van der Waals surface area contributed by atoms with Gasteiger partial charge in [-0.1, -0.05) is 187 Å². The standard InChI is InChI=1S/C56H92NO10P/c1-3-5-7-9-11-13-15-17-19-21-23-25-26-28-30-32-34-36-38-40-42-44-46-48-55(60)65-49-52(58)50-66-68(63,64)67-51-53(56(61)62)57-54(59)47-45-43-41-39-37-35-33-31-29-27-24-22-20-18-16-14-12-10-8-6-4-2/h5,7,11-14,17-20,23-25,27-28,30-31,33,52-53,58H,3-4,6,8-10,15-16,21-22,26,29,32,34-51H2,1-2H3,(H,57,59)(H,61,62)(H,63,64)/b7-5-,13-11-,14-12-,19-17-,20-18-,25-23-,27-24-,30-28-,33-31-. The summed E-state index contributed by atoms with van der Waals surface area (Å²) in [5.74, 6) is -2.42. The van der Waals surface area contributed by atoms with Crippen molar-refractivity contribution in [2.75, 3.05) is 19.8 Å². The normalized spacial score (nSPS) is 14.4. The molecule has 0 aromatic rings. The molecule has 0 heterocycles. The van der Waals surface area contributed by atoms with E-state index in [4.69, 9.17) is 13.8 Å². The highest BCUT2D eigenvalue weighted by atomic mass is 31.2. The number of allylic oxidation sites excluding steroid dienone is 18. The molecule has 4 N–H and O–H groups in total. The maximum atomic E-state index is 12.4. The fraction of sp³-hybridized carbons (Fsp3) is 0.625. The summed E-state index contributed by atoms with van der Waals surface area (Å²) in [5, 5.41) is 21.9. The Bertz CT molecular complexity index is 1560. The first-order valence-corrected chi connectivity index (χ1v) is 27.4. The topological polar surface area (TPSA) is 169 Å². The SMILES string of the molecule is CC/C=C\C/C=C\C/C=C\C/C=C\C/C=C\CCCCCCCCCC(=O)OCC(O)COP(=O)(O)OCC(NC(=O)CCCCCCC/C=C\C/C=C\C/C=C\C/C=C\CCCCC)C(=O)O. The predicted octanol–water partition coefficient (Wildman–Crippen LogP) is 14.6. The number of carboxylic acid groups (broad SMARTS) is 1. The summed E-state index contributed by atoms with van der Waals surface area (Å²) < 4.78 is 27.0. The molecule has 0 bridgehead atoms. The minimum absolute atomic E-state index is 0.118. The zero-order chi connectivity index (χ0) is 49.9. The van der Waals surface area contributed by atoms with Gasteiger partial charge >= 0.3 is 19.8 Å². The van der Waals surface area contributed by atoms with E-state index in [2.05, 4.69) is 129 Å². The first-order chi connectivity index (χ1) is 33.1. The van der Waals surface area contributed by atoms with Crippen LogP contribution >= 0.6 is 7.82 Å². The Morgan fingerprint density at radius 2 is 0.853 bits per heavy atom. The quantitative estimate of drug-likeness (QED) is 0.0199. The number of phosphoric ester groups is 1. The highest BCUT2D eigenvalue weighted by molar-refractivity contribution is 7.47. The van der Waals surface area contributed by atoms with Crippen molar-refractivity contribution in [1.29, 1.82) is 0 Å². The minimum Gasteiger partial charge on any atom is -0.480 e. The molecule has 1 amide bonds. The number of ether oxygens (including phenoxy) is 1. The van der Waals surface area contributed by atoms with Crippen molar-refractivity contribution in [1.82, 2.24) is 5.32 Å². The monoisotopic (exact) mass is 970 g/mol. The Hall–Kier alpha value is -3.86. The van der Waals surface area contributed by atoms with E-state index in [9.17, 15) is 34.1 Å². The molecule has 68 heavy (non-hydrogen) atoms. The number of hydrogen-bond donors (Lipinski definition) is 4. The third kappa shape index (κ3) is 48.6. The van der Waals surface area contributed by atoms with Gasteiger partial charge in [0.1, 0.15) is 12.7 Å². The van der Waals surface area contributed by atoms with Crippen molar-refractivity contribution in [3.8, 4) is 0 Å². The van der Waals surface area contributed by atoms with Crippen LogP contribution < -0.4 is 5.32 Å². The maximum absolute atomic E-state index is 12.4. The van der Waals surface area contributed by atoms with Crippen LogP contribution in [-0.2, 0) is 32.7 Å². The van der Waals surface area contributed by atoms with Gasteiger partial charge in [0.2, 0.25) is 5.91 Å². The molecular formula is C56H92NO10P. The molecule has 0 fully saturated rings. The van der Waals surface area contributed by atoms with E-state index in [1.165, 1.54) is 32.1 Å². The van der Waals surface area contributed by atoms with Gasteiger partial charge in [-0.05, 0) is 103 Å². The molecule has 0 aromatic carbocycles. The second kappa shape index (κ2) is 49.6. The van der Waals surface area contributed by atoms with Gasteiger partial charge in [0, 0.05) is 12.8 Å². The Labute approximate surface area is 412 Å². The van der Waals surface area contributed by atoms with Gasteiger partial charge in [-0.2, -0.15) is 0 Å². The molecular weight excluding hydrogens is 878 g/mol. The molecule has 3 atom stereocenters. The Morgan fingerprint density at radius 1 is 0.485 bits per heavy atom. The number of unbranched alkanes of at least 4 members (excludes halogenated alkanes) is 15. The van der Waals surface area contributed by atoms with E-state index in [0.29, 0.717) is 12.8 Å². The summed E-state index contributed by atoms with van der Waals surface area (Å²) in [5.41, 5.74) is 0. The summed E-state index contributed by atoms with van der Waals surface area (Å²) in [7, 11) is -4.78. The van der Waals surface area contributed by atoms with Gasteiger partial charge in [0.15, 0.2) is 6.04 Å². The largest absolute Gasteiger partial charge is 0.480 e. The van der Waals surface area contributed by atoms with E-state index in [1.807, 2.05) is 0 Å². The van der Waals surface area contributed by atoms with Crippen LogP contribution in [0.3, 0.4) is 0 Å². The van der Waals surface area contributed by atoms with Gasteiger partial charge < -0.3 is 25.2 Å². The van der Waals surface area contributed by atoms with E-state index < -0.39 is 57.6 Å². The molecule has 386 valence electrons. The van der Waals surface area contributed by atoms with Crippen LogP contribution in [0.5, 0.6) is 0 Å². The third-order valence-corrected chi connectivity index (χ3v) is 11.5. The second-order valence-electron chi connectivity index (χ2n) is 17.0. The van der Waals surface area contributed by atoms with Crippen molar-refractivity contribution in [2.45, 2.75) is 206 Å². The number of aliphatic hydroxyl groups excluding tert-OH is 1. The number of carboxylic acids is 1. The molecule has 0 radical (unpaired) electrons. The summed E-state index contributed by atoms with van der Waals surface area (Å²) in [6, 6.07) is -1.57. The predicted molar refractivity (Wildman–Crippen MR) is 281 cm³/mol. The molecule has 0 saturated heterocycles. The lowest BCUT2D eigenvalue weighted by atomic mass is 10.1. The van der Waals surface area contributed by atoms with Crippen molar-refractivity contribution >= 4 is 25.7 Å². The fourth-order valence-electron chi connectivity index (χ4n) is 6.56. The first kappa shape index (κ1) is 64.1. The van der Waals surface area contributed by atoms with Crippen LogP contribution in [0.15, 0.2) is 109 Å². The zero-order valence-corrected chi connectivity index (χ0v) is 43.0. The van der Waals surface area contributed by atoms with Gasteiger partial charge in [0.05, 0.1) is 13.2 Å². The molecule has 0 rings (SSSR count). The van der Waals surface area contributed by atoms with Gasteiger partial charge in [-0.25, -0.2) is 9.36 Å². The number of aliphatic hydroxyl groups is 1. The molecule has 3 unspecified atom stereocenters. The molecule has 12 heteroatoms. The van der Waals surface area contributed by atoms with Crippen LogP contribution in [0, 0.1) is 0 Å². The van der Waals surface area contributed by atoms with Crippen molar-refractivity contribution in [3.05, 3.63) is 109 Å². The number of nitrogens with one attached hydrogen (secondary N) is 1. The zero-order valence-electron chi connectivity index (χ0n) is 42.1. The van der Waals surface area contributed by atoms with E-state index >= 15 is 0 Å². The van der Waals surface area contributed by atoms with E-state index in [-0.39, 0.29) is 12.8 Å². The van der Waals surface area contributed by atoms with Gasteiger partial charge in [-0.15, -0.1) is 0 Å². The smallest absolute Gasteiger partial charge is 0.472 e. The van der Waals surface area contributed by atoms with Crippen molar-refractivity contribution in [2.24, 2.45) is 0 Å². The lowest BCUT2D eigenvalue weighted by Gasteiger charge is -2.18. The Balaban J connectivity index is 3.91. The number of amides is 1. The average molecular weight is 970 g/mol. The third-order valence-electron chi connectivity index (χ3n) is 10.5. The summed E-state index contributed by atoms with van der Waals surface area (Å²) in [6.45, 7) is 2.43. The number of aliphatic carboxylic acids is 1. The van der Waals surface area contributed by atoms with E-state index in [1.54, 1.807) is 0 Å². The van der Waals surface area contributed by atoms with Crippen molar-refractivity contribution in [3.63, 3.8) is 0 Å². The number of carbonyl (C=O) groups excluding carboxylic acids is 2. The summed E-state index contributed by atoms with van der Waals surface area (Å²) in [4.78, 5) is 46.2. The number of carbonyl (C=O) groups is 3. The highest BCUT2D eigenvalue weighted by Gasteiger charge is 2.28. The van der Waals surface area contributed by atoms with Crippen LogP contribution in [0.1, 0.15) is 194 Å². The van der Waals surface area contributed by atoms with Crippen LogP contribution in [0.25, 0.3) is 0 Å². The van der Waals surface area contributed by atoms with Crippen LogP contribution in [0.2, 0.25) is 0 Å². The first-order valence-electron chi connectivity index (χ1n) is 25.9. The Morgan fingerprint density at radius 3 is 1.28 bits per heavy atom. The molecule has 11 nitrogen and oxygen atoms in total. The number of hydrogen-bond acceptors (Lipinski definition) is 8. The number of phosphoric acid groups is 1. The molecule has 0 aliphatic heterocycles. The highest BCUT2D eigenvalue weighted by Crippen LogP contribution is 2.43. The molecule has 0 aliphatic carbocycles. The molecule has 0 saturated carbocycles.